The van der Waals surface area contributed by atoms with E-state index >= 15 is 0 Å². The maximum atomic E-state index is 13.5. The zero-order valence-corrected chi connectivity index (χ0v) is 14.4. The second-order valence-electron chi connectivity index (χ2n) is 7.12. The molecule has 2 unspecified atom stereocenters. The van der Waals surface area contributed by atoms with Crippen LogP contribution in [0, 0.1) is 35.9 Å². The van der Waals surface area contributed by atoms with Crippen LogP contribution in [-0.4, -0.2) is 28.5 Å². The molecule has 1 aliphatic heterocycles. The molecule has 0 spiro atoms. The van der Waals surface area contributed by atoms with Gasteiger partial charge < -0.3 is 10.2 Å². The quantitative estimate of drug-likeness (QED) is 0.891. The number of aryl methyl sites for hydroxylation is 1. The third-order valence-electron chi connectivity index (χ3n) is 5.47. The van der Waals surface area contributed by atoms with Crippen LogP contribution in [0.5, 0.6) is 0 Å². The van der Waals surface area contributed by atoms with Gasteiger partial charge in [0.05, 0.1) is 18.2 Å². The van der Waals surface area contributed by atoms with Crippen molar-refractivity contribution in [2.24, 2.45) is 11.8 Å². The SMILES string of the molecule is Cc1ccc(NC(=O)N2CC3CC2C[C@H]3C#N)cc1-c1cncc(F)c1. The fourth-order valence-electron chi connectivity index (χ4n) is 4.13. The van der Waals surface area contributed by atoms with Gasteiger partial charge >= 0.3 is 6.03 Å². The van der Waals surface area contributed by atoms with Gasteiger partial charge in [0.25, 0.3) is 0 Å². The van der Waals surface area contributed by atoms with Crippen molar-refractivity contribution in [1.29, 1.82) is 5.26 Å². The molecule has 2 fully saturated rings. The smallest absolute Gasteiger partial charge is 0.321 e. The number of likely N-dealkylation sites (tertiary alicyclic amines) is 1. The van der Waals surface area contributed by atoms with Gasteiger partial charge in [-0.2, -0.15) is 5.26 Å². The molecule has 3 atom stereocenters. The molecule has 2 aliphatic rings. The molecule has 1 aromatic heterocycles. The van der Waals surface area contributed by atoms with E-state index in [0.717, 1.165) is 24.0 Å². The summed E-state index contributed by atoms with van der Waals surface area (Å²) in [6, 6.07) is 9.38. The summed E-state index contributed by atoms with van der Waals surface area (Å²) in [5.74, 6) is -0.0188. The number of piperidine rings is 1. The number of urea groups is 1. The normalized spacial score (nSPS) is 23.7. The summed E-state index contributed by atoms with van der Waals surface area (Å²) in [5.41, 5.74) is 3.16. The van der Waals surface area contributed by atoms with Crippen molar-refractivity contribution >= 4 is 11.7 Å². The van der Waals surface area contributed by atoms with Gasteiger partial charge in [-0.1, -0.05) is 6.07 Å². The zero-order valence-electron chi connectivity index (χ0n) is 14.4. The van der Waals surface area contributed by atoms with Crippen LogP contribution in [0.4, 0.5) is 14.9 Å². The molecule has 2 heterocycles. The molecule has 132 valence electrons. The van der Waals surface area contributed by atoms with E-state index < -0.39 is 5.82 Å². The topological polar surface area (TPSA) is 69.0 Å². The Kier molecular flexibility index (Phi) is 4.08. The Morgan fingerprint density at radius 1 is 1.35 bits per heavy atom. The van der Waals surface area contributed by atoms with Crippen LogP contribution in [0.2, 0.25) is 0 Å². The Hall–Kier alpha value is -2.94. The van der Waals surface area contributed by atoms with Gasteiger partial charge in [-0.25, -0.2) is 9.18 Å². The van der Waals surface area contributed by atoms with Crippen LogP contribution in [-0.2, 0) is 0 Å². The lowest BCUT2D eigenvalue weighted by atomic mass is 9.96. The molecular formula is C20H19FN4O. The fraction of sp³-hybridized carbons (Fsp3) is 0.350. The third-order valence-corrected chi connectivity index (χ3v) is 5.47. The summed E-state index contributed by atoms with van der Waals surface area (Å²) < 4.78 is 13.5. The van der Waals surface area contributed by atoms with E-state index in [-0.39, 0.29) is 18.0 Å². The number of carbonyl (C=O) groups excluding carboxylic acids is 1. The Labute approximate surface area is 151 Å². The van der Waals surface area contributed by atoms with Crippen LogP contribution in [0.15, 0.2) is 36.7 Å². The van der Waals surface area contributed by atoms with E-state index in [4.69, 9.17) is 5.26 Å². The summed E-state index contributed by atoms with van der Waals surface area (Å²) in [4.78, 5) is 18.4. The maximum Gasteiger partial charge on any atom is 0.322 e. The third kappa shape index (κ3) is 2.90. The average Bonchev–Trinajstić information content (AvgIpc) is 3.23. The highest BCUT2D eigenvalue weighted by Crippen LogP contribution is 2.42. The molecule has 2 bridgehead atoms. The lowest BCUT2D eigenvalue weighted by Crippen LogP contribution is -2.42. The van der Waals surface area contributed by atoms with E-state index in [1.165, 1.54) is 12.3 Å². The predicted octanol–water partition coefficient (Wildman–Crippen LogP) is 3.96. The van der Waals surface area contributed by atoms with Gasteiger partial charge in [0, 0.05) is 30.0 Å². The van der Waals surface area contributed by atoms with Crippen LogP contribution in [0.3, 0.4) is 0 Å². The number of rotatable bonds is 2. The number of hydrogen-bond acceptors (Lipinski definition) is 3. The zero-order chi connectivity index (χ0) is 18.3. The molecule has 0 radical (unpaired) electrons. The highest BCUT2D eigenvalue weighted by molar-refractivity contribution is 5.91. The fourth-order valence-corrected chi connectivity index (χ4v) is 4.13. The molecule has 4 rings (SSSR count). The number of anilines is 1. The molecule has 1 N–H and O–H groups in total. The number of hydrogen-bond donors (Lipinski definition) is 1. The maximum absolute atomic E-state index is 13.5. The summed E-state index contributed by atoms with van der Waals surface area (Å²) in [7, 11) is 0. The van der Waals surface area contributed by atoms with Gasteiger partial charge in [0.1, 0.15) is 5.82 Å². The van der Waals surface area contributed by atoms with Crippen molar-refractivity contribution in [2.45, 2.75) is 25.8 Å². The first kappa shape index (κ1) is 16.5. The van der Waals surface area contributed by atoms with Crippen molar-refractivity contribution < 1.29 is 9.18 Å². The Balaban J connectivity index is 1.52. The minimum Gasteiger partial charge on any atom is -0.321 e. The average molecular weight is 350 g/mol. The Bertz CT molecular complexity index is 907. The number of benzene rings is 1. The molecule has 1 saturated heterocycles. The molecular weight excluding hydrogens is 331 g/mol. The highest BCUT2D eigenvalue weighted by Gasteiger charge is 2.46. The van der Waals surface area contributed by atoms with E-state index in [0.29, 0.717) is 23.7 Å². The second kappa shape index (κ2) is 6.41. The first-order chi connectivity index (χ1) is 12.5. The number of aromatic nitrogens is 1. The van der Waals surface area contributed by atoms with E-state index in [9.17, 15) is 9.18 Å². The number of carbonyl (C=O) groups is 1. The van der Waals surface area contributed by atoms with Gasteiger partial charge in [-0.15, -0.1) is 0 Å². The number of pyridine rings is 1. The number of nitriles is 1. The number of nitrogens with one attached hydrogen (secondary N) is 1. The van der Waals surface area contributed by atoms with E-state index in [2.05, 4.69) is 16.4 Å². The first-order valence-electron chi connectivity index (χ1n) is 8.74. The van der Waals surface area contributed by atoms with Gasteiger partial charge in [-0.3, -0.25) is 4.98 Å². The van der Waals surface area contributed by atoms with Gasteiger partial charge in [-0.05, 0) is 55.0 Å². The summed E-state index contributed by atoms with van der Waals surface area (Å²) >= 11 is 0. The van der Waals surface area contributed by atoms with Gasteiger partial charge in [0.2, 0.25) is 0 Å². The van der Waals surface area contributed by atoms with Gasteiger partial charge in [0.15, 0.2) is 0 Å². The largest absolute Gasteiger partial charge is 0.322 e. The number of fused-ring (bicyclic) bond motifs is 2. The predicted molar refractivity (Wildman–Crippen MR) is 95.7 cm³/mol. The summed E-state index contributed by atoms with van der Waals surface area (Å²) in [5, 5.41) is 12.1. The lowest BCUT2D eigenvalue weighted by Gasteiger charge is -2.29. The van der Waals surface area contributed by atoms with Crippen LogP contribution < -0.4 is 5.32 Å². The minimum absolute atomic E-state index is 0.0792. The van der Waals surface area contributed by atoms with Crippen molar-refractivity contribution in [1.82, 2.24) is 9.88 Å². The van der Waals surface area contributed by atoms with Crippen molar-refractivity contribution in [2.75, 3.05) is 11.9 Å². The summed E-state index contributed by atoms with van der Waals surface area (Å²) in [6.07, 6.45) is 4.46. The minimum atomic E-state index is -0.392. The molecule has 1 aromatic carbocycles. The Morgan fingerprint density at radius 3 is 2.88 bits per heavy atom. The molecule has 1 aliphatic carbocycles. The number of halogens is 1. The van der Waals surface area contributed by atoms with Crippen molar-refractivity contribution in [3.8, 4) is 17.2 Å². The molecule has 2 amide bonds. The standard InChI is InChI=1S/C20H19FN4O/c1-12-2-3-17(7-19(12)14-4-16(21)10-23-9-14)24-20(26)25-11-15-6-18(25)5-13(15)8-22/h2-4,7,9-10,13,15,18H,5-6,11H2,1H3,(H,24,26)/t13-,15?,18?/m0/s1. The molecule has 6 heteroatoms. The molecule has 26 heavy (non-hydrogen) atoms. The lowest BCUT2D eigenvalue weighted by molar-refractivity contribution is 0.187. The monoisotopic (exact) mass is 350 g/mol. The second-order valence-corrected chi connectivity index (χ2v) is 7.12. The number of amides is 2. The molecule has 2 aromatic rings. The summed E-state index contributed by atoms with van der Waals surface area (Å²) in [6.45, 7) is 2.58. The first-order valence-corrected chi connectivity index (χ1v) is 8.74. The van der Waals surface area contributed by atoms with Crippen LogP contribution in [0.25, 0.3) is 11.1 Å². The van der Waals surface area contributed by atoms with E-state index in [1.807, 2.05) is 30.0 Å². The Morgan fingerprint density at radius 2 is 2.19 bits per heavy atom. The molecule has 5 nitrogen and oxygen atoms in total. The number of nitrogens with zero attached hydrogens (tertiary/aromatic N) is 3. The van der Waals surface area contributed by atoms with Crippen molar-refractivity contribution in [3.05, 3.63) is 48.0 Å². The van der Waals surface area contributed by atoms with Crippen molar-refractivity contribution in [3.63, 3.8) is 0 Å². The van der Waals surface area contributed by atoms with Crippen LogP contribution in [0.1, 0.15) is 18.4 Å². The molecule has 1 saturated carbocycles. The highest BCUT2D eigenvalue weighted by atomic mass is 19.1. The van der Waals surface area contributed by atoms with Crippen LogP contribution >= 0.6 is 0 Å². The van der Waals surface area contributed by atoms with E-state index in [1.54, 1.807) is 6.20 Å².